The van der Waals surface area contributed by atoms with Gasteiger partial charge < -0.3 is 23.1 Å². The van der Waals surface area contributed by atoms with Crippen LogP contribution in [0.15, 0.2) is 270 Å². The van der Waals surface area contributed by atoms with E-state index < -0.39 is 0 Å². The molecule has 1 N–H and O–H groups in total. The first kappa shape index (κ1) is 43.1. The minimum Gasteiger partial charge on any atom is -0.507 e. The highest BCUT2D eigenvalue weighted by Crippen LogP contribution is 2.44. The molecule has 0 aliphatic heterocycles. The van der Waals surface area contributed by atoms with Crippen LogP contribution in [0, 0.1) is 0 Å². The van der Waals surface area contributed by atoms with Crippen molar-refractivity contribution in [1.29, 1.82) is 0 Å². The first-order chi connectivity index (χ1) is 38.1. The maximum Gasteiger partial charge on any atom is 0.145 e. The van der Waals surface area contributed by atoms with E-state index in [9.17, 15) is 5.11 Å². The van der Waals surface area contributed by atoms with E-state index in [1.807, 2.05) is 48.5 Å². The predicted molar refractivity (Wildman–Crippen MR) is 319 cm³/mol. The topological polar surface area (TPSA) is 56.4 Å². The number of hydrogen-bond acceptors (Lipinski definition) is 3. The number of hydrogen-bond donors (Lipinski definition) is 1. The van der Waals surface area contributed by atoms with Crippen molar-refractivity contribution in [2.75, 3.05) is 0 Å². The van der Waals surface area contributed by atoms with E-state index in [1.165, 1.54) is 16.3 Å². The molecule has 16 aromatic rings. The van der Waals surface area contributed by atoms with Crippen molar-refractivity contribution in [3.8, 4) is 72.8 Å². The first-order valence-electron chi connectivity index (χ1n) is 26.1. The fraction of sp³-hybridized carbons (Fsp3) is 0. The number of aromatic nitrogens is 2. The van der Waals surface area contributed by atoms with Crippen LogP contribution in [0.1, 0.15) is 0 Å². The molecule has 0 amide bonds. The molecular formula is C72H44N2O3. The van der Waals surface area contributed by atoms with Gasteiger partial charge in [0.25, 0.3) is 0 Å². The monoisotopic (exact) mass is 984 g/mol. The zero-order chi connectivity index (χ0) is 50.7. The second kappa shape index (κ2) is 16.8. The lowest BCUT2D eigenvalue weighted by Crippen LogP contribution is -1.94. The molecule has 0 spiro atoms. The van der Waals surface area contributed by atoms with Crippen molar-refractivity contribution in [3.63, 3.8) is 0 Å². The van der Waals surface area contributed by atoms with E-state index in [-0.39, 0.29) is 5.75 Å². The molecule has 0 bridgehead atoms. The molecule has 0 atom stereocenters. The third kappa shape index (κ3) is 6.81. The minimum absolute atomic E-state index is 0.267. The highest BCUT2D eigenvalue weighted by molar-refractivity contribution is 6.24. The Labute approximate surface area is 442 Å². The van der Waals surface area contributed by atoms with Gasteiger partial charge in [0.2, 0.25) is 0 Å². The average molecular weight is 985 g/mol. The summed E-state index contributed by atoms with van der Waals surface area (Å²) in [7, 11) is 0. The van der Waals surface area contributed by atoms with Crippen LogP contribution in [0.25, 0.3) is 154 Å². The summed E-state index contributed by atoms with van der Waals surface area (Å²) in [5, 5.41) is 19.9. The second-order valence-electron chi connectivity index (χ2n) is 20.2. The molecule has 0 aliphatic carbocycles. The molecule has 0 saturated heterocycles. The van der Waals surface area contributed by atoms with Gasteiger partial charge in [-0.25, -0.2) is 0 Å². The van der Waals surface area contributed by atoms with Crippen LogP contribution in [0.3, 0.4) is 0 Å². The summed E-state index contributed by atoms with van der Waals surface area (Å²) < 4.78 is 17.9. The average Bonchev–Trinajstić information content (AvgIpc) is 4.41. The molecule has 16 rings (SSSR count). The SMILES string of the molecule is Oc1ccc(-c2cccc(-c3cccc(-n4c5ccccc5c5c6oc7ccc(-c8cccc(-n9c%10ccccc%10c%10cc(-c%11ccc%12oc%13ccccc%13c%12c%11)ccc%109)c8)cc7c6ccc54)c3)c2)cc1-c1ccccc1. The molecule has 0 fully saturated rings. The van der Waals surface area contributed by atoms with Gasteiger partial charge in [-0.15, -0.1) is 0 Å². The molecule has 5 nitrogen and oxygen atoms in total. The van der Waals surface area contributed by atoms with Crippen molar-refractivity contribution in [2.24, 2.45) is 0 Å². The van der Waals surface area contributed by atoms with Gasteiger partial charge in [0.05, 0.1) is 27.5 Å². The van der Waals surface area contributed by atoms with Gasteiger partial charge in [-0.3, -0.25) is 0 Å². The minimum atomic E-state index is 0.267. The number of furan rings is 2. The summed E-state index contributed by atoms with van der Waals surface area (Å²) in [6, 6.07) is 92.4. The van der Waals surface area contributed by atoms with Gasteiger partial charge in [0.1, 0.15) is 28.1 Å². The number of para-hydroxylation sites is 3. The Kier molecular flexibility index (Phi) is 9.42. The third-order valence-electron chi connectivity index (χ3n) is 15.8. The Balaban J connectivity index is 0.765. The maximum absolute atomic E-state index is 10.8. The zero-order valence-corrected chi connectivity index (χ0v) is 41.5. The molecule has 77 heavy (non-hydrogen) atoms. The van der Waals surface area contributed by atoms with Crippen molar-refractivity contribution in [1.82, 2.24) is 9.13 Å². The summed E-state index contributed by atoms with van der Waals surface area (Å²) in [5.41, 5.74) is 21.0. The van der Waals surface area contributed by atoms with Crippen molar-refractivity contribution in [3.05, 3.63) is 261 Å². The van der Waals surface area contributed by atoms with Crippen LogP contribution in [-0.2, 0) is 0 Å². The van der Waals surface area contributed by atoms with Crippen molar-refractivity contribution >= 4 is 87.5 Å². The number of fused-ring (bicyclic) bond motifs is 13. The largest absolute Gasteiger partial charge is 0.507 e. The number of rotatable bonds is 7. The lowest BCUT2D eigenvalue weighted by Gasteiger charge is -2.12. The summed E-state index contributed by atoms with van der Waals surface area (Å²) in [6.07, 6.45) is 0. The molecule has 4 heterocycles. The molecule has 0 aliphatic rings. The number of aromatic hydroxyl groups is 1. The van der Waals surface area contributed by atoms with E-state index in [0.29, 0.717) is 0 Å². The van der Waals surface area contributed by atoms with E-state index in [1.54, 1.807) is 6.07 Å². The number of benzene rings is 12. The van der Waals surface area contributed by atoms with Crippen LogP contribution in [0.4, 0.5) is 0 Å². The molecule has 4 aromatic heterocycles. The Morgan fingerprint density at radius 2 is 0.727 bits per heavy atom. The highest BCUT2D eigenvalue weighted by Gasteiger charge is 2.21. The van der Waals surface area contributed by atoms with E-state index in [2.05, 4.69) is 215 Å². The van der Waals surface area contributed by atoms with Crippen molar-refractivity contribution < 1.29 is 13.9 Å². The normalized spacial score (nSPS) is 11.9. The molecule has 0 radical (unpaired) electrons. The van der Waals surface area contributed by atoms with Crippen molar-refractivity contribution in [2.45, 2.75) is 0 Å². The zero-order valence-electron chi connectivity index (χ0n) is 41.5. The van der Waals surface area contributed by atoms with Gasteiger partial charge in [0, 0.05) is 54.6 Å². The summed E-state index contributed by atoms with van der Waals surface area (Å²) >= 11 is 0. The van der Waals surface area contributed by atoms with Gasteiger partial charge in [0.15, 0.2) is 0 Å². The highest BCUT2D eigenvalue weighted by atomic mass is 16.3. The summed E-state index contributed by atoms with van der Waals surface area (Å²) in [4.78, 5) is 0. The van der Waals surface area contributed by atoms with Gasteiger partial charge in [-0.2, -0.15) is 0 Å². The fourth-order valence-corrected chi connectivity index (χ4v) is 12.2. The number of phenolic OH excluding ortho intramolecular Hbond substituents is 1. The van der Waals surface area contributed by atoms with Crippen LogP contribution in [0.5, 0.6) is 5.75 Å². The lowest BCUT2D eigenvalue weighted by atomic mass is 9.95. The smallest absolute Gasteiger partial charge is 0.145 e. The third-order valence-corrected chi connectivity index (χ3v) is 15.8. The van der Waals surface area contributed by atoms with Crippen LogP contribution < -0.4 is 0 Å². The molecular weight excluding hydrogens is 941 g/mol. The Morgan fingerprint density at radius 3 is 1.45 bits per heavy atom. The summed E-state index contributed by atoms with van der Waals surface area (Å²) in [5.74, 6) is 0.267. The predicted octanol–water partition coefficient (Wildman–Crippen LogP) is 19.7. The van der Waals surface area contributed by atoms with Gasteiger partial charge in [-0.1, -0.05) is 152 Å². The molecule has 0 unspecified atom stereocenters. The van der Waals surface area contributed by atoms with Crippen LogP contribution in [0.2, 0.25) is 0 Å². The van der Waals surface area contributed by atoms with Gasteiger partial charge in [-0.05, 0) is 159 Å². The number of phenols is 1. The Bertz CT molecular complexity index is 5070. The molecule has 360 valence electrons. The summed E-state index contributed by atoms with van der Waals surface area (Å²) in [6.45, 7) is 0. The van der Waals surface area contributed by atoms with Crippen LogP contribution in [-0.4, -0.2) is 14.2 Å². The standard InChI is InChI=1S/C72H44N2O3/c75-67-34-28-50(40-59(67)44-13-2-1-3-14-44)46-16-10-15-45(37-46)47-17-11-20-54(38-47)74-64-25-8-5-23-58(64)71-66(74)33-31-57-62-43-51(30-36-70(62)77-72(57)71)48-18-12-19-53(39-48)73-63-24-7-4-21-55(63)60-41-49(27-32-65(60)73)52-29-35-69-61(42-52)56-22-6-9-26-68(56)76-69/h1-43,75H. The first-order valence-corrected chi connectivity index (χ1v) is 26.1. The quantitative estimate of drug-likeness (QED) is 0.173. The van der Waals surface area contributed by atoms with E-state index in [4.69, 9.17) is 8.83 Å². The molecule has 12 aromatic carbocycles. The molecule has 0 saturated carbocycles. The van der Waals surface area contributed by atoms with Gasteiger partial charge >= 0.3 is 0 Å². The van der Waals surface area contributed by atoms with E-state index in [0.717, 1.165) is 138 Å². The molecule has 5 heteroatoms. The maximum atomic E-state index is 10.8. The lowest BCUT2D eigenvalue weighted by molar-refractivity contribution is 0.477. The van der Waals surface area contributed by atoms with E-state index >= 15 is 0 Å². The number of nitrogens with zero attached hydrogens (tertiary/aromatic N) is 2. The van der Waals surface area contributed by atoms with Crippen LogP contribution >= 0.6 is 0 Å². The Hall–Kier alpha value is -10.4. The fourth-order valence-electron chi connectivity index (χ4n) is 12.2. The second-order valence-corrected chi connectivity index (χ2v) is 20.2. The Morgan fingerprint density at radius 1 is 0.260 bits per heavy atom.